The summed E-state index contributed by atoms with van der Waals surface area (Å²) < 4.78 is 27.4. The molecule has 6 rings (SSSR count). The molecule has 3 N–H and O–H groups in total. The molecule has 66 heavy (non-hydrogen) atoms. The van der Waals surface area contributed by atoms with Crippen molar-refractivity contribution in [1.29, 1.82) is 5.26 Å². The van der Waals surface area contributed by atoms with E-state index in [2.05, 4.69) is 15.6 Å². The Balaban J connectivity index is 1.01. The molecule has 18 heteroatoms. The van der Waals surface area contributed by atoms with Gasteiger partial charge in [-0.1, -0.05) is 25.8 Å². The molecule has 1 aromatic heterocycles. The highest BCUT2D eigenvalue weighted by Gasteiger charge is 2.38. The van der Waals surface area contributed by atoms with E-state index >= 15 is 0 Å². The van der Waals surface area contributed by atoms with E-state index in [1.165, 1.54) is 35.0 Å². The number of aromatic nitrogens is 2. The van der Waals surface area contributed by atoms with E-state index in [0.717, 1.165) is 23.9 Å². The maximum absolute atomic E-state index is 13.5. The molecule has 4 atom stereocenters. The molecule has 17 nitrogen and oxygen atoms in total. The van der Waals surface area contributed by atoms with Gasteiger partial charge in [-0.25, -0.2) is 9.37 Å². The predicted octanol–water partition coefficient (Wildman–Crippen LogP) is 4.59. The normalized spacial score (nSPS) is 16.3. The van der Waals surface area contributed by atoms with Crippen LogP contribution in [0.4, 0.5) is 5.69 Å². The highest BCUT2D eigenvalue weighted by molar-refractivity contribution is 7.46. The first-order chi connectivity index (χ1) is 31.7. The minimum atomic E-state index is -1.37. The highest BCUT2D eigenvalue weighted by atomic mass is 31.2. The lowest BCUT2D eigenvalue weighted by atomic mass is 9.89. The Kier molecular flexibility index (Phi) is 16.8. The number of carbonyl (C=O) groups excluding carboxylic acids is 3. The van der Waals surface area contributed by atoms with Crippen LogP contribution in [0, 0.1) is 11.3 Å². The van der Waals surface area contributed by atoms with Crippen molar-refractivity contribution in [3.63, 3.8) is 0 Å². The molecule has 1 fully saturated rings. The monoisotopic (exact) mass is 921 g/mol. The molecule has 0 saturated carbocycles. The van der Waals surface area contributed by atoms with Crippen LogP contribution in [-0.2, 0) is 18.6 Å². The third kappa shape index (κ3) is 12.1. The number of carboxylic acids is 1. The molecule has 3 heterocycles. The fraction of sp³-hybridized carbons (Fsp3) is 0.396. The van der Waals surface area contributed by atoms with Crippen LogP contribution in [0.25, 0.3) is 39.5 Å². The van der Waals surface area contributed by atoms with Gasteiger partial charge in [0.25, 0.3) is 11.5 Å². The van der Waals surface area contributed by atoms with Gasteiger partial charge in [-0.15, -0.1) is 0 Å². The van der Waals surface area contributed by atoms with Crippen LogP contribution in [-0.4, -0.2) is 94.1 Å². The molecule has 348 valence electrons. The minimum Gasteiger partial charge on any atom is -0.545 e. The summed E-state index contributed by atoms with van der Waals surface area (Å²) >= 11 is 0. The second kappa shape index (κ2) is 22.6. The number of nitrogens with one attached hydrogen (secondary N) is 3. The fourth-order valence-corrected chi connectivity index (χ4v) is 8.76. The number of aromatic amines is 1. The van der Waals surface area contributed by atoms with Crippen LogP contribution >= 0.6 is 8.38 Å². The standard InChI is InChI=1S/C48H56N7O10P/c1-7-38-41(65-66(6)62-24-12-21-49)28-43(64-38)55-29-31(46(58)52-48(55)61)14-20-42(56)50-22-10-8-9-11-23-51-45(57)30-13-17-34(47(59)60)37(25-30)44-35-18-15-32(53(2)3)26-39(35)63-40-27-33(54(4)5)16-19-36(40)44/h13-20,25-27,29,38,41,43H,7-12,22-24,28H2,1-6H3,(H3-,50,51,52,56,57,58,59,60,61)/b20-14+/t38-,41-,43-,66?/m1/s1. The van der Waals surface area contributed by atoms with Crippen molar-refractivity contribution in [3.05, 3.63) is 110 Å². The third-order valence-corrected chi connectivity index (χ3v) is 12.4. The molecule has 1 unspecified atom stereocenters. The smallest absolute Gasteiger partial charge is 0.330 e. The fourth-order valence-electron chi connectivity index (χ4n) is 7.75. The van der Waals surface area contributed by atoms with Crippen molar-refractivity contribution < 1.29 is 37.7 Å². The number of nitriles is 1. The topological polar surface area (TPSA) is 224 Å². The number of hydrogen-bond donors (Lipinski definition) is 3. The summed E-state index contributed by atoms with van der Waals surface area (Å²) in [4.78, 5) is 68.3. The first-order valence-corrected chi connectivity index (χ1v) is 23.5. The zero-order valence-corrected chi connectivity index (χ0v) is 38.9. The van der Waals surface area contributed by atoms with Gasteiger partial charge in [0.05, 0.1) is 48.9 Å². The lowest BCUT2D eigenvalue weighted by Crippen LogP contribution is -2.33. The SMILES string of the molecule is CC[C@H]1O[C@@H](n2cc(/C=C/C(=O)NCCCCCCNC(=O)c3ccc(C(=O)[O-])c(-c4c5ccc(=[N+](C)C)cc-5oc5cc(N(C)C)ccc45)c3)c(=O)[nH]c2=O)C[C@H]1OP(C)OCCC#N. The van der Waals surface area contributed by atoms with Gasteiger partial charge >= 0.3 is 5.69 Å². The molecule has 2 amide bonds. The number of nitrogens with zero attached hydrogens (tertiary/aromatic N) is 4. The van der Waals surface area contributed by atoms with Gasteiger partial charge < -0.3 is 43.6 Å². The summed E-state index contributed by atoms with van der Waals surface area (Å²) in [6.07, 6.45) is 6.69. The Morgan fingerprint density at radius 3 is 2.48 bits per heavy atom. The molecule has 1 saturated heterocycles. The second-order valence-corrected chi connectivity index (χ2v) is 17.7. The summed E-state index contributed by atoms with van der Waals surface area (Å²) in [6.45, 7) is 4.77. The Bertz CT molecular complexity index is 2800. The zero-order chi connectivity index (χ0) is 47.5. The Morgan fingerprint density at radius 1 is 1.03 bits per heavy atom. The Morgan fingerprint density at radius 2 is 1.79 bits per heavy atom. The number of amides is 2. The van der Waals surface area contributed by atoms with E-state index < -0.39 is 37.7 Å². The lowest BCUT2D eigenvalue weighted by Gasteiger charge is -2.20. The number of fused-ring (bicyclic) bond motifs is 2. The van der Waals surface area contributed by atoms with Crippen molar-refractivity contribution >= 4 is 48.9 Å². The number of benzene rings is 3. The molecule has 2 aliphatic heterocycles. The van der Waals surface area contributed by atoms with Crippen molar-refractivity contribution in [2.75, 3.05) is 59.5 Å². The largest absolute Gasteiger partial charge is 0.545 e. The second-order valence-electron chi connectivity index (χ2n) is 16.3. The molecular weight excluding hydrogens is 866 g/mol. The van der Waals surface area contributed by atoms with E-state index in [1.54, 1.807) is 12.7 Å². The molecule has 0 spiro atoms. The van der Waals surface area contributed by atoms with Gasteiger partial charge in [-0.05, 0) is 61.2 Å². The Labute approximate surface area is 383 Å². The third-order valence-electron chi connectivity index (χ3n) is 11.3. The van der Waals surface area contributed by atoms with Crippen molar-refractivity contribution in [2.45, 2.75) is 70.3 Å². The average molecular weight is 922 g/mol. The van der Waals surface area contributed by atoms with Crippen molar-refractivity contribution in [3.8, 4) is 28.5 Å². The number of ether oxygens (including phenoxy) is 1. The first-order valence-electron chi connectivity index (χ1n) is 21.9. The zero-order valence-electron chi connectivity index (χ0n) is 38.0. The number of rotatable bonds is 20. The van der Waals surface area contributed by atoms with Gasteiger partial charge in [0.2, 0.25) is 11.3 Å². The number of hydrogen-bond acceptors (Lipinski definition) is 12. The van der Waals surface area contributed by atoms with E-state index in [0.29, 0.717) is 77.8 Å². The van der Waals surface area contributed by atoms with E-state index in [1.807, 2.05) is 87.1 Å². The van der Waals surface area contributed by atoms with E-state index in [9.17, 15) is 29.1 Å². The summed E-state index contributed by atoms with van der Waals surface area (Å²) in [7, 11) is 6.43. The average Bonchev–Trinajstić information content (AvgIpc) is 3.69. The maximum atomic E-state index is 13.5. The van der Waals surface area contributed by atoms with Gasteiger partial charge in [0.1, 0.15) is 31.7 Å². The number of carbonyl (C=O) groups is 3. The van der Waals surface area contributed by atoms with Crippen LogP contribution in [0.1, 0.15) is 84.4 Å². The lowest BCUT2D eigenvalue weighted by molar-refractivity contribution is -0.254. The summed E-state index contributed by atoms with van der Waals surface area (Å²) in [6, 6.07) is 18.0. The summed E-state index contributed by atoms with van der Waals surface area (Å²) in [5.74, 6) is -1.57. The maximum Gasteiger partial charge on any atom is 0.330 e. The van der Waals surface area contributed by atoms with E-state index in [4.69, 9.17) is 23.5 Å². The van der Waals surface area contributed by atoms with Crippen LogP contribution in [0.15, 0.2) is 80.9 Å². The number of anilines is 1. The molecule has 2 aromatic carbocycles. The number of carboxylic acid groups (broad SMARTS) is 1. The molecular formula is C48H56N7O10P. The molecule has 1 aliphatic carbocycles. The van der Waals surface area contributed by atoms with Crippen LogP contribution < -0.4 is 41.8 Å². The van der Waals surface area contributed by atoms with E-state index in [-0.39, 0.29) is 42.3 Å². The summed E-state index contributed by atoms with van der Waals surface area (Å²) in [5, 5.41) is 28.6. The van der Waals surface area contributed by atoms with Crippen LogP contribution in [0.2, 0.25) is 0 Å². The van der Waals surface area contributed by atoms with Crippen LogP contribution in [0.5, 0.6) is 0 Å². The van der Waals surface area contributed by atoms with Gasteiger partial charge in [0, 0.05) is 98.0 Å². The highest BCUT2D eigenvalue weighted by Crippen LogP contribution is 2.43. The Hall–Kier alpha value is -6.44. The van der Waals surface area contributed by atoms with Crippen molar-refractivity contribution in [1.82, 2.24) is 24.8 Å². The number of aromatic carboxylic acids is 1. The number of H-pyrrole nitrogens is 1. The summed E-state index contributed by atoms with van der Waals surface area (Å²) in [5.41, 5.74) is 2.16. The molecule has 0 radical (unpaired) electrons. The van der Waals surface area contributed by atoms with Gasteiger partial charge in [0.15, 0.2) is 8.38 Å². The van der Waals surface area contributed by atoms with Crippen molar-refractivity contribution in [2.24, 2.45) is 0 Å². The minimum absolute atomic E-state index is 0.0525. The molecule has 0 bridgehead atoms. The van der Waals surface area contributed by atoms with Crippen LogP contribution in [0.3, 0.4) is 0 Å². The predicted molar refractivity (Wildman–Crippen MR) is 251 cm³/mol. The van der Waals surface area contributed by atoms with Gasteiger partial charge in [-0.2, -0.15) is 5.26 Å². The molecule has 3 aliphatic rings. The quantitative estimate of drug-likeness (QED) is 0.0321. The molecule has 3 aromatic rings. The first kappa shape index (κ1) is 49.0. The number of unbranched alkanes of at least 4 members (excludes halogenated alkanes) is 3. The van der Waals surface area contributed by atoms with Gasteiger partial charge in [-0.3, -0.25) is 23.9 Å².